The Hall–Kier alpha value is -2.76. The van der Waals surface area contributed by atoms with E-state index in [0.717, 1.165) is 31.9 Å². The summed E-state index contributed by atoms with van der Waals surface area (Å²) in [4.78, 5) is 33.0. The Morgan fingerprint density at radius 2 is 1.83 bits per heavy atom. The smallest absolute Gasteiger partial charge is 0.356 e. The molecule has 0 bridgehead atoms. The zero-order chi connectivity index (χ0) is 16.9. The van der Waals surface area contributed by atoms with E-state index in [9.17, 15) is 9.59 Å². The average molecular weight is 325 g/mol. The van der Waals surface area contributed by atoms with E-state index in [1.165, 1.54) is 11.8 Å². The first-order chi connectivity index (χ1) is 11.6. The number of aromatic nitrogens is 2. The molecular formula is C18H19N3O3. The molecule has 1 aromatic carbocycles. The van der Waals surface area contributed by atoms with Gasteiger partial charge >= 0.3 is 5.97 Å². The van der Waals surface area contributed by atoms with Crippen LogP contribution in [0.3, 0.4) is 0 Å². The number of carboxylic acids is 1. The van der Waals surface area contributed by atoms with Crippen LogP contribution in [0.5, 0.6) is 0 Å². The first kappa shape index (κ1) is 16.1. The average Bonchev–Trinajstić information content (AvgIpc) is 3.09. The quantitative estimate of drug-likeness (QED) is 0.912. The summed E-state index contributed by atoms with van der Waals surface area (Å²) in [6, 6.07) is 10.4. The highest BCUT2D eigenvalue weighted by Gasteiger charge is 2.30. The van der Waals surface area contributed by atoms with E-state index in [4.69, 9.17) is 5.11 Å². The molecule has 2 aromatic rings. The maximum Gasteiger partial charge on any atom is 0.356 e. The Balaban J connectivity index is 1.65. The maximum absolute atomic E-state index is 12.6. The molecule has 124 valence electrons. The summed E-state index contributed by atoms with van der Waals surface area (Å²) in [6.07, 6.45) is 6.18. The number of aromatic carboxylic acids is 1. The van der Waals surface area contributed by atoms with E-state index in [1.807, 2.05) is 23.1 Å². The van der Waals surface area contributed by atoms with Gasteiger partial charge in [0.2, 0.25) is 0 Å². The molecule has 0 radical (unpaired) electrons. The molecule has 0 aliphatic carbocycles. The molecule has 6 heteroatoms. The summed E-state index contributed by atoms with van der Waals surface area (Å²) in [5.74, 6) is -1.32. The highest BCUT2D eigenvalue weighted by molar-refractivity contribution is 5.93. The number of amides is 1. The van der Waals surface area contributed by atoms with E-state index < -0.39 is 5.97 Å². The molecule has 0 unspecified atom stereocenters. The number of hydrogen-bond acceptors (Lipinski definition) is 4. The third-order valence-corrected chi connectivity index (χ3v) is 4.34. The van der Waals surface area contributed by atoms with Crippen LogP contribution in [-0.4, -0.2) is 44.4 Å². The lowest BCUT2D eigenvalue weighted by Crippen LogP contribution is -2.36. The van der Waals surface area contributed by atoms with Crippen molar-refractivity contribution in [1.29, 1.82) is 0 Å². The van der Waals surface area contributed by atoms with Gasteiger partial charge in [0.15, 0.2) is 5.69 Å². The van der Waals surface area contributed by atoms with Crippen molar-refractivity contribution >= 4 is 11.9 Å². The van der Waals surface area contributed by atoms with Crippen molar-refractivity contribution in [1.82, 2.24) is 14.9 Å². The first-order valence-electron chi connectivity index (χ1n) is 8.05. The van der Waals surface area contributed by atoms with Crippen LogP contribution in [0.25, 0.3) is 0 Å². The van der Waals surface area contributed by atoms with Gasteiger partial charge in [0.1, 0.15) is 5.69 Å². The van der Waals surface area contributed by atoms with Crippen molar-refractivity contribution in [3.63, 3.8) is 0 Å². The molecule has 3 rings (SSSR count). The van der Waals surface area contributed by atoms with Crippen LogP contribution in [0.15, 0.2) is 42.7 Å². The Bertz CT molecular complexity index is 716. The Morgan fingerprint density at radius 3 is 2.50 bits per heavy atom. The lowest BCUT2D eigenvalue weighted by atomic mass is 10.0. The van der Waals surface area contributed by atoms with Gasteiger partial charge in [-0.1, -0.05) is 30.3 Å². The SMILES string of the molecule is O=C(O)c1cnc(C(=O)N2CCC[C@@H]2CCc2ccccc2)cn1. The van der Waals surface area contributed by atoms with Gasteiger partial charge in [0.05, 0.1) is 12.4 Å². The molecular weight excluding hydrogens is 306 g/mol. The highest BCUT2D eigenvalue weighted by Crippen LogP contribution is 2.23. The summed E-state index contributed by atoms with van der Waals surface area (Å²) >= 11 is 0. The number of nitrogens with zero attached hydrogens (tertiary/aromatic N) is 3. The summed E-state index contributed by atoms with van der Waals surface area (Å²) in [5.41, 5.74) is 1.31. The van der Waals surface area contributed by atoms with E-state index in [2.05, 4.69) is 22.1 Å². The number of carboxylic acid groups (broad SMARTS) is 1. The number of likely N-dealkylation sites (tertiary alicyclic amines) is 1. The van der Waals surface area contributed by atoms with Crippen molar-refractivity contribution in [3.05, 3.63) is 59.7 Å². The second kappa shape index (κ2) is 7.21. The number of aryl methyl sites for hydroxylation is 1. The second-order valence-electron chi connectivity index (χ2n) is 5.91. The van der Waals surface area contributed by atoms with Crippen molar-refractivity contribution in [2.45, 2.75) is 31.7 Å². The number of benzene rings is 1. The van der Waals surface area contributed by atoms with Crippen LogP contribution >= 0.6 is 0 Å². The molecule has 0 spiro atoms. The van der Waals surface area contributed by atoms with Gasteiger partial charge in [-0.25, -0.2) is 14.8 Å². The minimum absolute atomic E-state index is 0.159. The highest BCUT2D eigenvalue weighted by atomic mass is 16.4. The Morgan fingerprint density at radius 1 is 1.12 bits per heavy atom. The van der Waals surface area contributed by atoms with Crippen LogP contribution in [0.4, 0.5) is 0 Å². The van der Waals surface area contributed by atoms with Gasteiger partial charge in [0.25, 0.3) is 5.91 Å². The van der Waals surface area contributed by atoms with E-state index in [-0.39, 0.29) is 23.3 Å². The van der Waals surface area contributed by atoms with E-state index in [0.29, 0.717) is 6.54 Å². The standard InChI is InChI=1S/C18H19N3O3/c22-17(15-11-20-16(12-19-15)18(23)24)21-10-4-7-14(21)9-8-13-5-2-1-3-6-13/h1-3,5-6,11-12,14H,4,7-10H2,(H,23,24)/t14-/m1/s1. The van der Waals surface area contributed by atoms with Crippen LogP contribution in [0, 0.1) is 0 Å². The summed E-state index contributed by atoms with van der Waals surface area (Å²) in [5, 5.41) is 8.85. The monoisotopic (exact) mass is 325 g/mol. The molecule has 1 aromatic heterocycles. The molecule has 1 N–H and O–H groups in total. The molecule has 1 atom stereocenters. The lowest BCUT2D eigenvalue weighted by Gasteiger charge is -2.24. The molecule has 0 saturated carbocycles. The minimum atomic E-state index is -1.15. The van der Waals surface area contributed by atoms with Crippen LogP contribution in [0.1, 0.15) is 45.8 Å². The Kier molecular flexibility index (Phi) is 4.84. The molecule has 1 amide bonds. The topological polar surface area (TPSA) is 83.4 Å². The van der Waals surface area contributed by atoms with Gasteiger partial charge in [-0.2, -0.15) is 0 Å². The Labute approximate surface area is 140 Å². The molecule has 1 aliphatic rings. The predicted octanol–water partition coefficient (Wildman–Crippen LogP) is 2.41. The first-order valence-corrected chi connectivity index (χ1v) is 8.05. The summed E-state index contributed by atoms with van der Waals surface area (Å²) < 4.78 is 0. The molecule has 1 saturated heterocycles. The zero-order valence-corrected chi connectivity index (χ0v) is 13.3. The fourth-order valence-electron chi connectivity index (χ4n) is 3.08. The summed E-state index contributed by atoms with van der Waals surface area (Å²) in [7, 11) is 0. The molecule has 1 fully saturated rings. The third-order valence-electron chi connectivity index (χ3n) is 4.34. The van der Waals surface area contributed by atoms with E-state index >= 15 is 0 Å². The van der Waals surface area contributed by atoms with Gasteiger partial charge in [0, 0.05) is 12.6 Å². The number of carbonyl (C=O) groups excluding carboxylic acids is 1. The van der Waals surface area contributed by atoms with Crippen molar-refractivity contribution in [2.75, 3.05) is 6.54 Å². The van der Waals surface area contributed by atoms with Crippen molar-refractivity contribution in [2.24, 2.45) is 0 Å². The fraction of sp³-hybridized carbons (Fsp3) is 0.333. The normalized spacial score (nSPS) is 17.0. The fourth-order valence-corrected chi connectivity index (χ4v) is 3.08. The molecule has 2 heterocycles. The maximum atomic E-state index is 12.6. The van der Waals surface area contributed by atoms with Gasteiger partial charge in [-0.3, -0.25) is 4.79 Å². The number of hydrogen-bond donors (Lipinski definition) is 1. The van der Waals surface area contributed by atoms with Crippen molar-refractivity contribution in [3.8, 4) is 0 Å². The lowest BCUT2D eigenvalue weighted by molar-refractivity contribution is 0.0682. The number of carbonyl (C=O) groups is 2. The molecule has 24 heavy (non-hydrogen) atoms. The third kappa shape index (κ3) is 3.59. The van der Waals surface area contributed by atoms with Gasteiger partial charge in [-0.15, -0.1) is 0 Å². The van der Waals surface area contributed by atoms with Gasteiger partial charge < -0.3 is 10.0 Å². The molecule has 1 aliphatic heterocycles. The van der Waals surface area contributed by atoms with Gasteiger partial charge in [-0.05, 0) is 31.2 Å². The second-order valence-corrected chi connectivity index (χ2v) is 5.91. The minimum Gasteiger partial charge on any atom is -0.476 e. The number of rotatable bonds is 5. The largest absolute Gasteiger partial charge is 0.476 e. The summed E-state index contributed by atoms with van der Waals surface area (Å²) in [6.45, 7) is 0.709. The van der Waals surface area contributed by atoms with E-state index in [1.54, 1.807) is 0 Å². The van der Waals surface area contributed by atoms with Crippen LogP contribution in [0.2, 0.25) is 0 Å². The molecule has 6 nitrogen and oxygen atoms in total. The zero-order valence-electron chi connectivity index (χ0n) is 13.3. The van der Waals surface area contributed by atoms with Crippen LogP contribution in [-0.2, 0) is 6.42 Å². The predicted molar refractivity (Wildman–Crippen MR) is 87.8 cm³/mol. The van der Waals surface area contributed by atoms with Crippen molar-refractivity contribution < 1.29 is 14.7 Å². The van der Waals surface area contributed by atoms with Crippen LogP contribution < -0.4 is 0 Å².